The van der Waals surface area contributed by atoms with Gasteiger partial charge in [0.2, 0.25) is 0 Å². The molecule has 0 aliphatic rings. The van der Waals surface area contributed by atoms with Crippen molar-refractivity contribution in [2.24, 2.45) is 5.73 Å². The van der Waals surface area contributed by atoms with Crippen LogP contribution < -0.4 is 5.73 Å². The smallest absolute Gasteiger partial charge is 0.434 e. The molecule has 0 aromatic rings. The highest BCUT2D eigenvalue weighted by Gasteiger charge is 2.21. The van der Waals surface area contributed by atoms with Crippen molar-refractivity contribution in [1.29, 1.82) is 0 Å². The molecule has 0 saturated carbocycles. The summed E-state index contributed by atoms with van der Waals surface area (Å²) in [7, 11) is 1.40. The topological polar surface area (TPSA) is 64.8 Å². The third kappa shape index (κ3) is 6.94. The summed E-state index contributed by atoms with van der Waals surface area (Å²) >= 11 is 0. The number of amides is 1. The van der Waals surface area contributed by atoms with Crippen molar-refractivity contribution in [2.45, 2.75) is 26.4 Å². The molecule has 0 unspecified atom stereocenters. The molecule has 6 heteroatoms. The fourth-order valence-electron chi connectivity index (χ4n) is 0.687. The Kier molecular flexibility index (Phi) is 7.81. The molecule has 0 atom stereocenters. The summed E-state index contributed by atoms with van der Waals surface area (Å²) in [5.41, 5.74) is 4.77. The monoisotopic (exact) mass is 226 g/mol. The summed E-state index contributed by atoms with van der Waals surface area (Å²) in [6.45, 7) is 6.04. The molecule has 0 rings (SSSR count). The van der Waals surface area contributed by atoms with E-state index in [1.807, 2.05) is 0 Å². The number of hydrogen-bond acceptors (Lipinski definition) is 4. The second-order valence-corrected chi connectivity index (χ2v) is 3.55. The maximum Gasteiger partial charge on any atom is 0.434 e. The maximum absolute atomic E-state index is 11.3. The lowest BCUT2D eigenvalue weighted by atomic mass is 10.2. The highest BCUT2D eigenvalue weighted by Crippen LogP contribution is 2.09. The second kappa shape index (κ2) is 6.86. The van der Waals surface area contributed by atoms with Gasteiger partial charge in [-0.1, -0.05) is 0 Å². The average Bonchev–Trinajstić information content (AvgIpc) is 1.96. The van der Waals surface area contributed by atoms with Gasteiger partial charge in [-0.25, -0.2) is 4.79 Å². The molecule has 0 radical (unpaired) electrons. The first kappa shape index (κ1) is 15.9. The maximum atomic E-state index is 11.3. The van der Waals surface area contributed by atoms with E-state index in [0.717, 1.165) is 5.06 Å². The Hall–Kier alpha value is -0.520. The highest BCUT2D eigenvalue weighted by molar-refractivity contribution is 5.85. The van der Waals surface area contributed by atoms with E-state index < -0.39 is 11.7 Å². The average molecular weight is 227 g/mol. The van der Waals surface area contributed by atoms with Gasteiger partial charge in [-0.05, 0) is 20.8 Å². The van der Waals surface area contributed by atoms with Crippen LogP contribution in [0, 0.1) is 0 Å². The quantitative estimate of drug-likeness (QED) is 0.734. The van der Waals surface area contributed by atoms with Crippen molar-refractivity contribution in [1.82, 2.24) is 5.06 Å². The van der Waals surface area contributed by atoms with Crippen molar-refractivity contribution in [3.8, 4) is 0 Å². The Labute approximate surface area is 90.9 Å². The molecule has 0 bridgehead atoms. The van der Waals surface area contributed by atoms with Gasteiger partial charge in [0, 0.05) is 6.54 Å². The van der Waals surface area contributed by atoms with Gasteiger partial charge in [0.05, 0.1) is 13.7 Å². The lowest BCUT2D eigenvalue weighted by Gasteiger charge is -2.25. The molecule has 0 heterocycles. The van der Waals surface area contributed by atoms with Crippen LogP contribution in [-0.4, -0.2) is 37.0 Å². The molecule has 0 aliphatic carbocycles. The van der Waals surface area contributed by atoms with Crippen molar-refractivity contribution >= 4 is 18.5 Å². The molecular weight excluding hydrogens is 208 g/mol. The molecule has 0 aromatic carbocycles. The van der Waals surface area contributed by atoms with Crippen LogP contribution in [0.1, 0.15) is 20.8 Å². The van der Waals surface area contributed by atoms with Crippen LogP contribution >= 0.6 is 12.4 Å². The Morgan fingerprint density at radius 1 is 1.43 bits per heavy atom. The zero-order valence-electron chi connectivity index (χ0n) is 9.07. The molecule has 2 N–H and O–H groups in total. The Morgan fingerprint density at radius 2 is 1.93 bits per heavy atom. The first-order valence-electron chi connectivity index (χ1n) is 4.15. The zero-order valence-corrected chi connectivity index (χ0v) is 9.89. The zero-order chi connectivity index (χ0) is 10.5. The normalized spacial score (nSPS) is 10.4. The van der Waals surface area contributed by atoms with E-state index in [2.05, 4.69) is 0 Å². The van der Waals surface area contributed by atoms with Crippen LogP contribution in [0.5, 0.6) is 0 Å². The second-order valence-electron chi connectivity index (χ2n) is 3.55. The summed E-state index contributed by atoms with van der Waals surface area (Å²) in [5.74, 6) is 0. The minimum absolute atomic E-state index is 0. The number of hydrogen-bond donors (Lipinski definition) is 1. The van der Waals surface area contributed by atoms with Gasteiger partial charge in [0.25, 0.3) is 0 Å². The van der Waals surface area contributed by atoms with Crippen molar-refractivity contribution in [3.63, 3.8) is 0 Å². The molecule has 0 aliphatic heterocycles. The third-order valence-electron chi connectivity index (χ3n) is 1.15. The molecule has 0 spiro atoms. The van der Waals surface area contributed by atoms with Gasteiger partial charge in [0.1, 0.15) is 5.60 Å². The predicted octanol–water partition coefficient (Wildman–Crippen LogP) is 1.17. The minimum atomic E-state index is -0.513. The number of hydroxylamine groups is 2. The standard InChI is InChI=1S/C8H18N2O3.ClH/c1-8(2,3)13-7(11)10(12-4)6-5-9;/h5-6,9H2,1-4H3;1H. The third-order valence-corrected chi connectivity index (χ3v) is 1.15. The molecule has 1 amide bonds. The van der Waals surface area contributed by atoms with Crippen molar-refractivity contribution < 1.29 is 14.4 Å². The molecule has 14 heavy (non-hydrogen) atoms. The molecule has 0 saturated heterocycles. The minimum Gasteiger partial charge on any atom is -0.442 e. The lowest BCUT2D eigenvalue weighted by Crippen LogP contribution is -2.38. The van der Waals surface area contributed by atoms with E-state index in [9.17, 15) is 4.79 Å². The van der Waals surface area contributed by atoms with E-state index >= 15 is 0 Å². The fraction of sp³-hybridized carbons (Fsp3) is 0.875. The largest absolute Gasteiger partial charge is 0.442 e. The summed E-state index contributed by atoms with van der Waals surface area (Å²) in [6, 6.07) is 0. The SMILES string of the molecule is CON(CCN)C(=O)OC(C)(C)C.Cl. The van der Waals surface area contributed by atoms with E-state index in [0.29, 0.717) is 13.1 Å². The molecule has 0 fully saturated rings. The van der Waals surface area contributed by atoms with Crippen LogP contribution in [-0.2, 0) is 9.57 Å². The van der Waals surface area contributed by atoms with E-state index in [1.165, 1.54) is 7.11 Å². The van der Waals surface area contributed by atoms with Crippen LogP contribution in [0.3, 0.4) is 0 Å². The molecule has 5 nitrogen and oxygen atoms in total. The molecular formula is C8H19ClN2O3. The number of nitrogens with zero attached hydrogens (tertiary/aromatic N) is 1. The van der Waals surface area contributed by atoms with Gasteiger partial charge in [-0.2, -0.15) is 5.06 Å². The number of halogens is 1. The Bertz CT molecular complexity index is 170. The number of carbonyl (C=O) groups excluding carboxylic acids is 1. The fourth-order valence-corrected chi connectivity index (χ4v) is 0.687. The van der Waals surface area contributed by atoms with Crippen LogP contribution in [0.25, 0.3) is 0 Å². The van der Waals surface area contributed by atoms with Gasteiger partial charge in [-0.15, -0.1) is 12.4 Å². The number of ether oxygens (including phenoxy) is 1. The van der Waals surface area contributed by atoms with Crippen LogP contribution in [0.15, 0.2) is 0 Å². The summed E-state index contributed by atoms with van der Waals surface area (Å²) < 4.78 is 5.05. The number of rotatable bonds is 3. The first-order chi connectivity index (χ1) is 5.90. The van der Waals surface area contributed by atoms with E-state index in [4.69, 9.17) is 15.3 Å². The summed E-state index contributed by atoms with van der Waals surface area (Å²) in [5, 5.41) is 1.09. The van der Waals surface area contributed by atoms with E-state index in [-0.39, 0.29) is 12.4 Å². The summed E-state index contributed by atoms with van der Waals surface area (Å²) in [6.07, 6.45) is -0.513. The van der Waals surface area contributed by atoms with Gasteiger partial charge in [0.15, 0.2) is 0 Å². The van der Waals surface area contributed by atoms with Gasteiger partial charge >= 0.3 is 6.09 Å². The van der Waals surface area contributed by atoms with Gasteiger partial charge < -0.3 is 10.5 Å². The van der Waals surface area contributed by atoms with Crippen molar-refractivity contribution in [2.75, 3.05) is 20.2 Å². The Balaban J connectivity index is 0. The van der Waals surface area contributed by atoms with Crippen LogP contribution in [0.2, 0.25) is 0 Å². The van der Waals surface area contributed by atoms with Crippen molar-refractivity contribution in [3.05, 3.63) is 0 Å². The number of carbonyl (C=O) groups is 1. The van der Waals surface area contributed by atoms with E-state index in [1.54, 1.807) is 20.8 Å². The van der Waals surface area contributed by atoms with Crippen LogP contribution in [0.4, 0.5) is 4.79 Å². The first-order valence-corrected chi connectivity index (χ1v) is 4.15. The predicted molar refractivity (Wildman–Crippen MR) is 56.3 cm³/mol. The number of nitrogens with two attached hydrogens (primary N) is 1. The Morgan fingerprint density at radius 3 is 2.21 bits per heavy atom. The summed E-state index contributed by atoms with van der Waals surface area (Å²) in [4.78, 5) is 16.1. The van der Waals surface area contributed by atoms with Gasteiger partial charge in [-0.3, -0.25) is 4.84 Å². The molecule has 0 aromatic heterocycles. The molecule has 86 valence electrons. The lowest BCUT2D eigenvalue weighted by molar-refractivity contribution is -0.121. The highest BCUT2D eigenvalue weighted by atomic mass is 35.5.